The van der Waals surface area contributed by atoms with Crippen LogP contribution in [0.5, 0.6) is 0 Å². The topological polar surface area (TPSA) is 20.3 Å². The zero-order valence-corrected chi connectivity index (χ0v) is 13.1. The molecule has 1 amide bonds. The van der Waals surface area contributed by atoms with E-state index in [0.29, 0.717) is 5.88 Å². The predicted molar refractivity (Wildman–Crippen MR) is 83.1 cm³/mol. The molecular formula is C15H20ClNOS. The first-order valence-corrected chi connectivity index (χ1v) is 8.12. The molecule has 19 heavy (non-hydrogen) atoms. The van der Waals surface area contributed by atoms with E-state index in [4.69, 9.17) is 11.6 Å². The van der Waals surface area contributed by atoms with Gasteiger partial charge in [0.05, 0.1) is 0 Å². The van der Waals surface area contributed by atoms with Gasteiger partial charge in [-0.3, -0.25) is 4.79 Å². The molecule has 2 rings (SSSR count). The maximum absolute atomic E-state index is 12.5. The Bertz CT molecular complexity index is 461. The van der Waals surface area contributed by atoms with Crippen molar-refractivity contribution in [3.05, 3.63) is 35.4 Å². The van der Waals surface area contributed by atoms with Crippen molar-refractivity contribution >= 4 is 29.3 Å². The van der Waals surface area contributed by atoms with E-state index in [2.05, 4.69) is 13.8 Å². The molecule has 1 aliphatic heterocycles. The van der Waals surface area contributed by atoms with Gasteiger partial charge < -0.3 is 4.90 Å². The van der Waals surface area contributed by atoms with E-state index in [9.17, 15) is 4.79 Å². The van der Waals surface area contributed by atoms with Crippen molar-refractivity contribution in [2.24, 2.45) is 0 Å². The number of benzene rings is 1. The van der Waals surface area contributed by atoms with Crippen LogP contribution in [0.2, 0.25) is 0 Å². The van der Waals surface area contributed by atoms with Gasteiger partial charge in [-0.05, 0) is 24.1 Å². The summed E-state index contributed by atoms with van der Waals surface area (Å²) >= 11 is 7.77. The van der Waals surface area contributed by atoms with Crippen molar-refractivity contribution in [3.8, 4) is 0 Å². The van der Waals surface area contributed by atoms with Crippen molar-refractivity contribution < 1.29 is 4.79 Å². The number of halogens is 1. The number of thioether (sulfide) groups is 1. The molecule has 0 unspecified atom stereocenters. The first-order chi connectivity index (χ1) is 9.02. The molecule has 104 valence electrons. The lowest BCUT2D eigenvalue weighted by atomic mass is 10.1. The van der Waals surface area contributed by atoms with E-state index in [1.54, 1.807) is 0 Å². The highest BCUT2D eigenvalue weighted by Gasteiger charge is 2.26. The molecule has 0 saturated carbocycles. The van der Waals surface area contributed by atoms with E-state index in [0.717, 1.165) is 36.4 Å². The Morgan fingerprint density at radius 3 is 2.95 bits per heavy atom. The monoisotopic (exact) mass is 297 g/mol. The fourth-order valence-electron chi connectivity index (χ4n) is 2.19. The molecule has 1 heterocycles. The highest BCUT2D eigenvalue weighted by atomic mass is 35.5. The van der Waals surface area contributed by atoms with E-state index in [1.807, 2.05) is 40.9 Å². The fourth-order valence-corrected chi connectivity index (χ4v) is 3.46. The minimum Gasteiger partial charge on any atom is -0.338 e. The average Bonchev–Trinajstić information content (AvgIpc) is 2.59. The summed E-state index contributed by atoms with van der Waals surface area (Å²) in [5, 5.41) is 0. The highest BCUT2D eigenvalue weighted by Crippen LogP contribution is 2.31. The molecule has 1 aromatic carbocycles. The number of amides is 1. The lowest BCUT2D eigenvalue weighted by Crippen LogP contribution is -2.33. The molecular weight excluding hydrogens is 278 g/mol. The van der Waals surface area contributed by atoms with Gasteiger partial charge in [-0.25, -0.2) is 0 Å². The number of carbonyl (C=O) groups is 1. The Hall–Kier alpha value is -0.670. The summed E-state index contributed by atoms with van der Waals surface area (Å²) in [7, 11) is 0. The number of carbonyl (C=O) groups excluding carboxylic acids is 1. The highest BCUT2D eigenvalue weighted by molar-refractivity contribution is 8.00. The molecule has 0 aromatic heterocycles. The molecule has 4 heteroatoms. The smallest absolute Gasteiger partial charge is 0.253 e. The van der Waals surface area contributed by atoms with Gasteiger partial charge in [-0.1, -0.05) is 26.0 Å². The third-order valence-electron chi connectivity index (χ3n) is 3.45. The summed E-state index contributed by atoms with van der Waals surface area (Å²) in [6, 6.07) is 7.63. The summed E-state index contributed by atoms with van der Waals surface area (Å²) in [5.74, 6) is 1.59. The van der Waals surface area contributed by atoms with Crippen molar-refractivity contribution in [1.29, 1.82) is 0 Å². The van der Waals surface area contributed by atoms with Gasteiger partial charge in [0.2, 0.25) is 0 Å². The Balaban J connectivity index is 2.10. The van der Waals surface area contributed by atoms with Gasteiger partial charge in [0.1, 0.15) is 0 Å². The van der Waals surface area contributed by atoms with E-state index >= 15 is 0 Å². The van der Waals surface area contributed by atoms with Crippen LogP contribution in [0.1, 0.15) is 36.2 Å². The van der Waals surface area contributed by atoms with Crippen LogP contribution in [0.4, 0.5) is 0 Å². The standard InChI is InChI=1S/C15H20ClNOS/c1-15(2)6-7-17(8-9-19-15)14(18)13-5-3-4-12(10-13)11-16/h3-5,10H,6-9,11H2,1-2H3. The van der Waals surface area contributed by atoms with Gasteiger partial charge in [-0.15, -0.1) is 11.6 Å². The lowest BCUT2D eigenvalue weighted by molar-refractivity contribution is 0.0764. The quantitative estimate of drug-likeness (QED) is 0.774. The number of hydrogen-bond acceptors (Lipinski definition) is 2. The molecule has 1 aliphatic rings. The van der Waals surface area contributed by atoms with Crippen LogP contribution in [0.25, 0.3) is 0 Å². The molecule has 0 radical (unpaired) electrons. The molecule has 0 aliphatic carbocycles. The molecule has 0 spiro atoms. The second-order valence-electron chi connectivity index (χ2n) is 5.48. The molecule has 1 saturated heterocycles. The fraction of sp³-hybridized carbons (Fsp3) is 0.533. The first kappa shape index (κ1) is 14.7. The zero-order valence-electron chi connectivity index (χ0n) is 11.5. The molecule has 0 atom stereocenters. The van der Waals surface area contributed by atoms with Crippen LogP contribution >= 0.6 is 23.4 Å². The van der Waals surface area contributed by atoms with Crippen molar-refractivity contribution in [3.63, 3.8) is 0 Å². The minimum atomic E-state index is 0.130. The van der Waals surface area contributed by atoms with Crippen molar-refractivity contribution in [2.45, 2.75) is 30.9 Å². The van der Waals surface area contributed by atoms with Gasteiger partial charge in [0.25, 0.3) is 5.91 Å². The second kappa shape index (κ2) is 6.19. The van der Waals surface area contributed by atoms with Gasteiger partial charge in [0.15, 0.2) is 0 Å². The van der Waals surface area contributed by atoms with Crippen molar-refractivity contribution in [2.75, 3.05) is 18.8 Å². The third kappa shape index (κ3) is 3.90. The Morgan fingerprint density at radius 1 is 1.42 bits per heavy atom. The maximum Gasteiger partial charge on any atom is 0.253 e. The second-order valence-corrected chi connectivity index (χ2v) is 7.55. The number of hydrogen-bond donors (Lipinski definition) is 0. The number of nitrogens with zero attached hydrogens (tertiary/aromatic N) is 1. The van der Waals surface area contributed by atoms with Gasteiger partial charge >= 0.3 is 0 Å². The van der Waals surface area contributed by atoms with Gasteiger partial charge in [-0.2, -0.15) is 11.8 Å². The van der Waals surface area contributed by atoms with Crippen LogP contribution in [0.3, 0.4) is 0 Å². The number of alkyl halides is 1. The SMILES string of the molecule is CC1(C)CCN(C(=O)c2cccc(CCl)c2)CCS1. The normalized spacial score (nSPS) is 19.0. The van der Waals surface area contributed by atoms with Crippen LogP contribution in [0, 0.1) is 0 Å². The Kier molecular flexibility index (Phi) is 4.80. The minimum absolute atomic E-state index is 0.130. The summed E-state index contributed by atoms with van der Waals surface area (Å²) in [6.07, 6.45) is 1.04. The van der Waals surface area contributed by atoms with Crippen LogP contribution in [0.15, 0.2) is 24.3 Å². The predicted octanol–water partition coefficient (Wildman–Crippen LogP) is 3.78. The van der Waals surface area contributed by atoms with Crippen LogP contribution < -0.4 is 0 Å². The van der Waals surface area contributed by atoms with E-state index in [-0.39, 0.29) is 10.7 Å². The summed E-state index contributed by atoms with van der Waals surface area (Å²) < 4.78 is 0.271. The Labute approximate surface area is 124 Å². The molecule has 2 nitrogen and oxygen atoms in total. The van der Waals surface area contributed by atoms with Crippen LogP contribution in [-0.2, 0) is 5.88 Å². The summed E-state index contributed by atoms with van der Waals surface area (Å²) in [5.41, 5.74) is 1.75. The summed E-state index contributed by atoms with van der Waals surface area (Å²) in [6.45, 7) is 6.17. The first-order valence-electron chi connectivity index (χ1n) is 6.60. The van der Waals surface area contributed by atoms with Gasteiger partial charge in [0, 0.05) is 35.0 Å². The Morgan fingerprint density at radius 2 is 2.21 bits per heavy atom. The zero-order chi connectivity index (χ0) is 13.9. The van der Waals surface area contributed by atoms with E-state index < -0.39 is 0 Å². The summed E-state index contributed by atoms with van der Waals surface area (Å²) in [4.78, 5) is 14.5. The van der Waals surface area contributed by atoms with Crippen LogP contribution in [-0.4, -0.2) is 34.4 Å². The maximum atomic E-state index is 12.5. The lowest BCUT2D eigenvalue weighted by Gasteiger charge is -2.23. The molecule has 1 aromatic rings. The average molecular weight is 298 g/mol. The largest absolute Gasteiger partial charge is 0.338 e. The third-order valence-corrected chi connectivity index (χ3v) is 5.13. The van der Waals surface area contributed by atoms with E-state index in [1.165, 1.54) is 0 Å². The molecule has 1 fully saturated rings. The van der Waals surface area contributed by atoms with Crippen molar-refractivity contribution in [1.82, 2.24) is 4.90 Å². The number of rotatable bonds is 2. The molecule has 0 bridgehead atoms. The molecule has 0 N–H and O–H groups in total.